The largest absolute Gasteiger partial charge is 0.481 e. The second-order valence-corrected chi connectivity index (χ2v) is 7.47. The molecule has 3 atom stereocenters. The molecule has 0 saturated carbocycles. The van der Waals surface area contributed by atoms with Crippen LogP contribution in [0.3, 0.4) is 0 Å². The summed E-state index contributed by atoms with van der Waals surface area (Å²) in [4.78, 5) is 38.3. The fourth-order valence-electron chi connectivity index (χ4n) is 2.50. The molecule has 1 aromatic carbocycles. The Morgan fingerprint density at radius 3 is 2.00 bits per heavy atom. The van der Waals surface area contributed by atoms with Gasteiger partial charge in [0.1, 0.15) is 0 Å². The molecule has 0 saturated heterocycles. The Hall–Kier alpha value is -2.12. The molecule has 0 aliphatic carbocycles. The van der Waals surface area contributed by atoms with Gasteiger partial charge in [-0.2, -0.15) is 0 Å². The van der Waals surface area contributed by atoms with Crippen LogP contribution in [0.5, 0.6) is 0 Å². The maximum atomic E-state index is 13.0. The van der Waals surface area contributed by atoms with Gasteiger partial charge in [-0.3, -0.25) is 9.59 Å². The number of amides is 2. The molecular formula is C19H27ClN2O5. The average Bonchev–Trinajstić information content (AvgIpc) is 2.57. The number of ether oxygens (including phenoxy) is 1. The highest BCUT2D eigenvalue weighted by atomic mass is 35.5. The van der Waals surface area contributed by atoms with Gasteiger partial charge in [0.25, 0.3) is 0 Å². The molecule has 0 aliphatic heterocycles. The molecule has 0 fully saturated rings. The number of nitrogens with two attached hydrogens (primary N) is 1. The quantitative estimate of drug-likeness (QED) is 0.727. The van der Waals surface area contributed by atoms with E-state index in [0.29, 0.717) is 10.6 Å². The lowest BCUT2D eigenvalue weighted by molar-refractivity contribution is -0.146. The van der Waals surface area contributed by atoms with Crippen LogP contribution in [-0.4, -0.2) is 40.1 Å². The lowest BCUT2D eigenvalue weighted by Gasteiger charge is -2.35. The van der Waals surface area contributed by atoms with Gasteiger partial charge in [0.2, 0.25) is 5.91 Å². The van der Waals surface area contributed by atoms with E-state index in [1.165, 1.54) is 6.92 Å². The molecule has 8 heteroatoms. The van der Waals surface area contributed by atoms with Crippen LogP contribution in [0.1, 0.15) is 46.2 Å². The lowest BCUT2D eigenvalue weighted by Crippen LogP contribution is -2.52. The summed E-state index contributed by atoms with van der Waals surface area (Å²) in [5.74, 6) is -3.20. The molecule has 2 amide bonds. The maximum Gasteiger partial charge on any atom is 0.417 e. The van der Waals surface area contributed by atoms with Crippen molar-refractivity contribution in [1.82, 2.24) is 4.90 Å². The summed E-state index contributed by atoms with van der Waals surface area (Å²) in [6.07, 6.45) is -1.42. The monoisotopic (exact) mass is 398 g/mol. The maximum absolute atomic E-state index is 13.0. The third kappa shape index (κ3) is 5.94. The highest BCUT2D eigenvalue weighted by Gasteiger charge is 2.41. The molecule has 7 nitrogen and oxygen atoms in total. The second-order valence-electron chi connectivity index (χ2n) is 7.03. The number of aliphatic carboxylic acids is 1. The Labute approximate surface area is 164 Å². The van der Waals surface area contributed by atoms with Gasteiger partial charge in [0, 0.05) is 5.02 Å². The van der Waals surface area contributed by atoms with Crippen LogP contribution in [0.25, 0.3) is 0 Å². The van der Waals surface area contributed by atoms with Gasteiger partial charge >= 0.3 is 12.1 Å². The minimum Gasteiger partial charge on any atom is -0.481 e. The molecular weight excluding hydrogens is 372 g/mol. The topological polar surface area (TPSA) is 110 Å². The van der Waals surface area contributed by atoms with Crippen molar-refractivity contribution in [2.75, 3.05) is 0 Å². The number of imide groups is 1. The number of rotatable bonds is 7. The van der Waals surface area contributed by atoms with Crippen molar-refractivity contribution in [3.63, 3.8) is 0 Å². The van der Waals surface area contributed by atoms with E-state index in [-0.39, 0.29) is 5.92 Å². The van der Waals surface area contributed by atoms with E-state index in [1.54, 1.807) is 52.0 Å². The van der Waals surface area contributed by atoms with Gasteiger partial charge in [-0.15, -0.1) is 0 Å². The number of nitrogens with zero attached hydrogens (tertiary/aromatic N) is 1. The molecule has 0 aromatic heterocycles. The Morgan fingerprint density at radius 2 is 1.59 bits per heavy atom. The fourth-order valence-corrected chi connectivity index (χ4v) is 2.63. The van der Waals surface area contributed by atoms with Crippen molar-refractivity contribution in [2.24, 2.45) is 17.6 Å². The molecule has 1 rings (SSSR count). The number of carbonyl (C=O) groups excluding carboxylic acids is 2. The number of benzene rings is 1. The number of carbonyl (C=O) groups is 3. The summed E-state index contributed by atoms with van der Waals surface area (Å²) in [5.41, 5.74) is 6.42. The highest BCUT2D eigenvalue weighted by Crippen LogP contribution is 2.32. The van der Waals surface area contributed by atoms with Crippen LogP contribution in [0.2, 0.25) is 5.02 Å². The average molecular weight is 399 g/mol. The first-order valence-electron chi connectivity index (χ1n) is 8.74. The zero-order valence-corrected chi connectivity index (χ0v) is 16.9. The van der Waals surface area contributed by atoms with Gasteiger partial charge in [0.05, 0.1) is 24.1 Å². The van der Waals surface area contributed by atoms with Gasteiger partial charge in [-0.05, 0) is 44.4 Å². The third-order valence-electron chi connectivity index (χ3n) is 4.13. The summed E-state index contributed by atoms with van der Waals surface area (Å²) in [5, 5.41) is 10.0. The standard InChI is InChI=1S/C19H27ClN2O5/c1-10(2)15(21)17(23)22(19(26)27-11(3)4)16(12(5)18(24)25)13-6-8-14(20)9-7-13/h6-12,15-16H,21H2,1-5H3,(H,24,25)/t12?,15-,16-/m0/s1. The van der Waals surface area contributed by atoms with Crippen LogP contribution >= 0.6 is 11.6 Å². The second kappa shape index (κ2) is 9.71. The van der Waals surface area contributed by atoms with Crippen LogP contribution in [0, 0.1) is 11.8 Å². The van der Waals surface area contributed by atoms with Gasteiger partial charge in [-0.1, -0.05) is 37.6 Å². The van der Waals surface area contributed by atoms with E-state index >= 15 is 0 Å². The Kier molecular flexibility index (Phi) is 8.24. The number of hydrogen-bond acceptors (Lipinski definition) is 5. The van der Waals surface area contributed by atoms with E-state index in [0.717, 1.165) is 4.90 Å². The van der Waals surface area contributed by atoms with Crippen molar-refractivity contribution in [3.05, 3.63) is 34.9 Å². The predicted molar refractivity (Wildman–Crippen MR) is 102 cm³/mol. The summed E-state index contributed by atoms with van der Waals surface area (Å²) < 4.78 is 5.21. The summed E-state index contributed by atoms with van der Waals surface area (Å²) in [7, 11) is 0. The number of hydrogen-bond donors (Lipinski definition) is 2. The Morgan fingerprint density at radius 1 is 1.07 bits per heavy atom. The lowest BCUT2D eigenvalue weighted by atomic mass is 9.91. The van der Waals surface area contributed by atoms with Gasteiger partial charge < -0.3 is 15.6 Å². The molecule has 0 bridgehead atoms. The molecule has 0 aliphatic rings. The zero-order chi connectivity index (χ0) is 20.9. The molecule has 3 N–H and O–H groups in total. The number of carboxylic acids is 1. The molecule has 27 heavy (non-hydrogen) atoms. The van der Waals surface area contributed by atoms with E-state index in [9.17, 15) is 19.5 Å². The van der Waals surface area contributed by atoms with Crippen LogP contribution in [0.4, 0.5) is 4.79 Å². The first-order chi connectivity index (χ1) is 12.5. The predicted octanol–water partition coefficient (Wildman–Crippen LogP) is 3.46. The van der Waals surface area contributed by atoms with Crippen molar-refractivity contribution in [2.45, 2.75) is 52.8 Å². The van der Waals surface area contributed by atoms with Crippen molar-refractivity contribution in [1.29, 1.82) is 0 Å². The molecule has 0 radical (unpaired) electrons. The molecule has 1 aromatic rings. The summed E-state index contributed by atoms with van der Waals surface area (Å²) in [6, 6.07) is 4.21. The fraction of sp³-hybridized carbons (Fsp3) is 0.526. The van der Waals surface area contributed by atoms with Crippen molar-refractivity contribution in [3.8, 4) is 0 Å². The van der Waals surface area contributed by atoms with E-state index < -0.39 is 42.1 Å². The molecule has 1 unspecified atom stereocenters. The summed E-state index contributed by atoms with van der Waals surface area (Å²) >= 11 is 5.92. The number of carboxylic acid groups (broad SMARTS) is 1. The third-order valence-corrected chi connectivity index (χ3v) is 4.38. The molecule has 0 spiro atoms. The van der Waals surface area contributed by atoms with Crippen LogP contribution < -0.4 is 5.73 Å². The van der Waals surface area contributed by atoms with Gasteiger partial charge in [-0.25, -0.2) is 9.69 Å². The van der Waals surface area contributed by atoms with E-state index in [2.05, 4.69) is 0 Å². The highest BCUT2D eigenvalue weighted by molar-refractivity contribution is 6.30. The van der Waals surface area contributed by atoms with Crippen LogP contribution in [-0.2, 0) is 14.3 Å². The summed E-state index contributed by atoms with van der Waals surface area (Å²) in [6.45, 7) is 8.19. The minimum atomic E-state index is -1.16. The zero-order valence-electron chi connectivity index (χ0n) is 16.2. The Bertz CT molecular complexity index is 675. The van der Waals surface area contributed by atoms with Crippen LogP contribution in [0.15, 0.2) is 24.3 Å². The number of halogens is 1. The normalized spacial score (nSPS) is 14.6. The van der Waals surface area contributed by atoms with E-state index in [4.69, 9.17) is 22.1 Å². The first-order valence-corrected chi connectivity index (χ1v) is 9.12. The smallest absolute Gasteiger partial charge is 0.417 e. The molecule has 150 valence electrons. The van der Waals surface area contributed by atoms with Crippen molar-refractivity contribution < 1.29 is 24.2 Å². The Balaban J connectivity index is 3.51. The minimum absolute atomic E-state index is 0.252. The first kappa shape index (κ1) is 22.9. The SMILES string of the molecule is CC(C)OC(=O)N(C(=O)[C@@H](N)C(C)C)[C@H](c1ccc(Cl)cc1)C(C)C(=O)O. The molecule has 0 heterocycles. The van der Waals surface area contributed by atoms with E-state index in [1.807, 2.05) is 0 Å². The van der Waals surface area contributed by atoms with Gasteiger partial charge in [0.15, 0.2) is 0 Å². The van der Waals surface area contributed by atoms with Crippen molar-refractivity contribution >= 4 is 29.6 Å².